The molecule has 24 heavy (non-hydrogen) atoms. The molecule has 1 unspecified atom stereocenters. The van der Waals surface area contributed by atoms with E-state index in [0.717, 1.165) is 44.6 Å². The Labute approximate surface area is 145 Å². The van der Waals surface area contributed by atoms with Crippen molar-refractivity contribution in [3.63, 3.8) is 0 Å². The van der Waals surface area contributed by atoms with E-state index >= 15 is 0 Å². The fourth-order valence-electron chi connectivity index (χ4n) is 3.73. The highest BCUT2D eigenvalue weighted by atomic mass is 16.2. The van der Waals surface area contributed by atoms with Gasteiger partial charge in [0.25, 0.3) is 0 Å². The van der Waals surface area contributed by atoms with Crippen LogP contribution in [0.4, 0.5) is 11.4 Å². The summed E-state index contributed by atoms with van der Waals surface area (Å²) < 4.78 is 0. The van der Waals surface area contributed by atoms with Gasteiger partial charge in [0.05, 0.1) is 12.6 Å². The number of nitrogens with one attached hydrogen (secondary N) is 1. The van der Waals surface area contributed by atoms with E-state index in [1.165, 1.54) is 24.9 Å². The molecular weight excluding hydrogens is 298 g/mol. The lowest BCUT2D eigenvalue weighted by atomic mass is 10.0. The summed E-state index contributed by atoms with van der Waals surface area (Å²) in [5, 5.41) is 3.06. The molecule has 0 saturated carbocycles. The fraction of sp³-hybridized carbons (Fsp3) is 0.550. The van der Waals surface area contributed by atoms with Crippen molar-refractivity contribution in [2.45, 2.75) is 44.6 Å². The van der Waals surface area contributed by atoms with Crippen LogP contribution in [-0.2, 0) is 4.79 Å². The highest BCUT2D eigenvalue weighted by Crippen LogP contribution is 2.23. The predicted molar refractivity (Wildman–Crippen MR) is 99.2 cm³/mol. The number of rotatable bonds is 4. The molecule has 2 fully saturated rings. The van der Waals surface area contributed by atoms with Crippen molar-refractivity contribution in [1.29, 1.82) is 0 Å². The normalized spacial score (nSPS) is 22.0. The van der Waals surface area contributed by atoms with Crippen LogP contribution in [0.5, 0.6) is 0 Å². The van der Waals surface area contributed by atoms with E-state index in [4.69, 9.17) is 6.42 Å². The predicted octanol–water partition coefficient (Wildman–Crippen LogP) is 3.10. The third-order valence-electron chi connectivity index (χ3n) is 5.07. The zero-order valence-corrected chi connectivity index (χ0v) is 14.3. The molecule has 0 aliphatic carbocycles. The van der Waals surface area contributed by atoms with E-state index in [-0.39, 0.29) is 11.9 Å². The third-order valence-corrected chi connectivity index (χ3v) is 5.07. The Morgan fingerprint density at radius 3 is 2.50 bits per heavy atom. The third kappa shape index (κ3) is 4.10. The Hall–Kier alpha value is -1.99. The molecule has 0 spiro atoms. The minimum Gasteiger partial charge on any atom is -0.372 e. The number of hydrogen-bond acceptors (Lipinski definition) is 3. The second-order valence-corrected chi connectivity index (χ2v) is 6.77. The molecule has 1 amide bonds. The van der Waals surface area contributed by atoms with Gasteiger partial charge >= 0.3 is 0 Å². The first-order valence-corrected chi connectivity index (χ1v) is 9.11. The summed E-state index contributed by atoms with van der Waals surface area (Å²) in [6, 6.07) is 8.14. The zero-order chi connectivity index (χ0) is 16.8. The molecule has 1 atom stereocenters. The molecule has 0 aromatic heterocycles. The maximum Gasteiger partial charge on any atom is 0.241 e. The van der Waals surface area contributed by atoms with Crippen molar-refractivity contribution >= 4 is 17.3 Å². The minimum absolute atomic E-state index is 0.0654. The monoisotopic (exact) mass is 325 g/mol. The SMILES string of the molecule is C#CCN1CCCCC1C(=O)Nc1ccc(N2CCCCC2)cc1. The molecule has 4 heteroatoms. The summed E-state index contributed by atoms with van der Waals surface area (Å²) in [6.45, 7) is 3.73. The summed E-state index contributed by atoms with van der Waals surface area (Å²) in [5.41, 5.74) is 2.12. The molecule has 1 N–H and O–H groups in total. The molecule has 1 aromatic carbocycles. The fourth-order valence-corrected chi connectivity index (χ4v) is 3.73. The molecule has 0 bridgehead atoms. The number of carbonyl (C=O) groups is 1. The first-order chi connectivity index (χ1) is 11.8. The van der Waals surface area contributed by atoms with Gasteiger partial charge in [0.15, 0.2) is 0 Å². The Bertz CT molecular complexity index is 584. The number of terminal acetylenes is 1. The second-order valence-electron chi connectivity index (χ2n) is 6.77. The average molecular weight is 325 g/mol. The molecule has 2 aliphatic rings. The number of hydrogen-bond donors (Lipinski definition) is 1. The van der Waals surface area contributed by atoms with Gasteiger partial charge in [-0.1, -0.05) is 12.3 Å². The smallest absolute Gasteiger partial charge is 0.241 e. The minimum atomic E-state index is -0.100. The van der Waals surface area contributed by atoms with Crippen LogP contribution in [0.3, 0.4) is 0 Å². The first-order valence-electron chi connectivity index (χ1n) is 9.11. The summed E-state index contributed by atoms with van der Waals surface area (Å²) >= 11 is 0. The van der Waals surface area contributed by atoms with Gasteiger partial charge in [0, 0.05) is 24.5 Å². The molecule has 2 saturated heterocycles. The molecule has 2 aliphatic heterocycles. The number of carbonyl (C=O) groups excluding carboxylic acids is 1. The lowest BCUT2D eigenvalue weighted by molar-refractivity contribution is -0.122. The molecule has 128 valence electrons. The maximum absolute atomic E-state index is 12.6. The summed E-state index contributed by atoms with van der Waals surface area (Å²) in [5.74, 6) is 2.74. The summed E-state index contributed by atoms with van der Waals surface area (Å²) in [6.07, 6.45) is 12.4. The average Bonchev–Trinajstić information content (AvgIpc) is 2.64. The topological polar surface area (TPSA) is 35.6 Å². The second kappa shape index (κ2) is 8.21. The van der Waals surface area contributed by atoms with Crippen molar-refractivity contribution in [3.8, 4) is 12.3 Å². The Kier molecular flexibility index (Phi) is 5.77. The summed E-state index contributed by atoms with van der Waals surface area (Å²) in [7, 11) is 0. The highest BCUT2D eigenvalue weighted by molar-refractivity contribution is 5.95. The molecule has 1 aromatic rings. The van der Waals surface area contributed by atoms with Gasteiger partial charge in [-0.05, 0) is 62.9 Å². The number of anilines is 2. The van der Waals surface area contributed by atoms with Gasteiger partial charge in [-0.3, -0.25) is 9.69 Å². The number of likely N-dealkylation sites (tertiary alicyclic amines) is 1. The van der Waals surface area contributed by atoms with Crippen LogP contribution >= 0.6 is 0 Å². The Morgan fingerprint density at radius 2 is 1.79 bits per heavy atom. The Morgan fingerprint density at radius 1 is 1.08 bits per heavy atom. The standard InChI is InChI=1S/C20H27N3O/c1-2-13-23-16-7-4-8-19(23)20(24)21-17-9-11-18(12-10-17)22-14-5-3-6-15-22/h1,9-12,19H,3-8,13-16H2,(H,21,24). The number of benzene rings is 1. The molecular formula is C20H27N3O. The van der Waals surface area contributed by atoms with Crippen LogP contribution in [0.15, 0.2) is 24.3 Å². The first kappa shape index (κ1) is 16.9. The van der Waals surface area contributed by atoms with Gasteiger partial charge < -0.3 is 10.2 Å². The van der Waals surface area contributed by atoms with E-state index < -0.39 is 0 Å². The van der Waals surface area contributed by atoms with Crippen LogP contribution < -0.4 is 10.2 Å². The lowest BCUT2D eigenvalue weighted by Gasteiger charge is -2.33. The van der Waals surface area contributed by atoms with Crippen LogP contribution in [0.2, 0.25) is 0 Å². The largest absolute Gasteiger partial charge is 0.372 e. The van der Waals surface area contributed by atoms with Crippen molar-refractivity contribution in [3.05, 3.63) is 24.3 Å². The molecule has 4 nitrogen and oxygen atoms in total. The van der Waals surface area contributed by atoms with Crippen molar-refractivity contribution < 1.29 is 4.79 Å². The molecule has 0 radical (unpaired) electrons. The van der Waals surface area contributed by atoms with Crippen molar-refractivity contribution in [1.82, 2.24) is 4.90 Å². The quantitative estimate of drug-likeness (QED) is 0.864. The highest BCUT2D eigenvalue weighted by Gasteiger charge is 2.28. The van der Waals surface area contributed by atoms with E-state index in [2.05, 4.69) is 33.2 Å². The number of nitrogens with zero attached hydrogens (tertiary/aromatic N) is 2. The van der Waals surface area contributed by atoms with Gasteiger partial charge in [-0.15, -0.1) is 6.42 Å². The maximum atomic E-state index is 12.6. The van der Waals surface area contributed by atoms with E-state index in [0.29, 0.717) is 6.54 Å². The Balaban J connectivity index is 1.60. The zero-order valence-electron chi connectivity index (χ0n) is 14.3. The van der Waals surface area contributed by atoms with Gasteiger partial charge in [0.2, 0.25) is 5.91 Å². The van der Waals surface area contributed by atoms with Gasteiger partial charge in [0.1, 0.15) is 0 Å². The van der Waals surface area contributed by atoms with Crippen LogP contribution in [0.1, 0.15) is 38.5 Å². The summed E-state index contributed by atoms with van der Waals surface area (Å²) in [4.78, 5) is 17.1. The van der Waals surface area contributed by atoms with Gasteiger partial charge in [-0.25, -0.2) is 0 Å². The number of amides is 1. The van der Waals surface area contributed by atoms with E-state index in [1.54, 1.807) is 0 Å². The van der Waals surface area contributed by atoms with Crippen molar-refractivity contribution in [2.24, 2.45) is 0 Å². The van der Waals surface area contributed by atoms with Crippen LogP contribution in [0.25, 0.3) is 0 Å². The molecule has 3 rings (SSSR count). The van der Waals surface area contributed by atoms with Crippen LogP contribution in [-0.4, -0.2) is 43.0 Å². The van der Waals surface area contributed by atoms with Crippen LogP contribution in [0, 0.1) is 12.3 Å². The number of piperidine rings is 2. The van der Waals surface area contributed by atoms with E-state index in [9.17, 15) is 4.79 Å². The van der Waals surface area contributed by atoms with Crippen molar-refractivity contribution in [2.75, 3.05) is 36.4 Å². The van der Waals surface area contributed by atoms with Gasteiger partial charge in [-0.2, -0.15) is 0 Å². The molecule has 2 heterocycles. The van der Waals surface area contributed by atoms with E-state index in [1.807, 2.05) is 12.1 Å². The lowest BCUT2D eigenvalue weighted by Crippen LogP contribution is -2.47.